The molecule has 0 spiro atoms. The van der Waals surface area contributed by atoms with Crippen molar-refractivity contribution in [1.82, 2.24) is 5.32 Å². The van der Waals surface area contributed by atoms with Gasteiger partial charge in [-0.25, -0.2) is 8.42 Å². The zero-order chi connectivity index (χ0) is 21.6. The van der Waals surface area contributed by atoms with Crippen molar-refractivity contribution >= 4 is 21.6 Å². The van der Waals surface area contributed by atoms with Crippen LogP contribution in [-0.2, 0) is 14.8 Å². The summed E-state index contributed by atoms with van der Waals surface area (Å²) in [6.07, 6.45) is 0. The number of nitrogens with zero attached hydrogens (tertiary/aromatic N) is 1. The summed E-state index contributed by atoms with van der Waals surface area (Å²) < 4.78 is 27.7. The van der Waals surface area contributed by atoms with Gasteiger partial charge in [-0.05, 0) is 42.7 Å². The highest BCUT2D eigenvalue weighted by Crippen LogP contribution is 2.24. The van der Waals surface area contributed by atoms with E-state index >= 15 is 0 Å². The fraction of sp³-hybridized carbons (Fsp3) is 0.208. The van der Waals surface area contributed by atoms with Gasteiger partial charge < -0.3 is 5.32 Å². The minimum absolute atomic E-state index is 0.119. The highest BCUT2D eigenvalue weighted by molar-refractivity contribution is 7.92. The van der Waals surface area contributed by atoms with E-state index < -0.39 is 10.0 Å². The summed E-state index contributed by atoms with van der Waals surface area (Å²) in [5, 5.41) is 2.87. The van der Waals surface area contributed by atoms with Crippen molar-refractivity contribution < 1.29 is 13.2 Å². The summed E-state index contributed by atoms with van der Waals surface area (Å²) in [5.74, 6) is -0.230. The second-order valence-electron chi connectivity index (χ2n) is 7.28. The van der Waals surface area contributed by atoms with Crippen LogP contribution in [0.2, 0.25) is 0 Å². The molecule has 1 amide bonds. The molecule has 0 aromatic heterocycles. The molecule has 5 nitrogen and oxygen atoms in total. The molecular formula is C24H26N2O3S. The van der Waals surface area contributed by atoms with Crippen molar-refractivity contribution in [1.29, 1.82) is 0 Å². The van der Waals surface area contributed by atoms with E-state index in [2.05, 4.69) is 5.32 Å². The Morgan fingerprint density at radius 1 is 0.900 bits per heavy atom. The molecule has 3 rings (SSSR count). The van der Waals surface area contributed by atoms with E-state index in [4.69, 9.17) is 0 Å². The largest absolute Gasteiger partial charge is 0.354 e. The molecule has 0 aliphatic heterocycles. The second-order valence-corrected chi connectivity index (χ2v) is 9.14. The Hall–Kier alpha value is -3.12. The molecule has 1 unspecified atom stereocenters. The van der Waals surface area contributed by atoms with Gasteiger partial charge in [0.15, 0.2) is 0 Å². The highest BCUT2D eigenvalue weighted by Gasteiger charge is 2.27. The number of hydrogen-bond acceptors (Lipinski definition) is 3. The van der Waals surface area contributed by atoms with Gasteiger partial charge in [0, 0.05) is 6.54 Å². The van der Waals surface area contributed by atoms with E-state index in [0.29, 0.717) is 12.2 Å². The van der Waals surface area contributed by atoms with Crippen molar-refractivity contribution in [3.05, 3.63) is 96.1 Å². The Balaban J connectivity index is 1.79. The molecule has 30 heavy (non-hydrogen) atoms. The van der Waals surface area contributed by atoms with E-state index in [1.54, 1.807) is 30.3 Å². The van der Waals surface area contributed by atoms with Crippen LogP contribution in [0.4, 0.5) is 5.69 Å². The number of benzene rings is 3. The summed E-state index contributed by atoms with van der Waals surface area (Å²) in [5.41, 5.74) is 2.58. The van der Waals surface area contributed by atoms with E-state index in [1.807, 2.05) is 56.3 Å². The second kappa shape index (κ2) is 9.59. The molecule has 3 aromatic rings. The Morgan fingerprint density at radius 2 is 1.47 bits per heavy atom. The molecule has 0 heterocycles. The van der Waals surface area contributed by atoms with Crippen molar-refractivity contribution in [2.24, 2.45) is 0 Å². The van der Waals surface area contributed by atoms with Crippen LogP contribution in [0.5, 0.6) is 0 Å². The van der Waals surface area contributed by atoms with Gasteiger partial charge in [-0.3, -0.25) is 9.10 Å². The molecule has 0 aliphatic rings. The third-order valence-corrected chi connectivity index (χ3v) is 6.70. The minimum Gasteiger partial charge on any atom is -0.354 e. The average molecular weight is 423 g/mol. The summed E-state index contributed by atoms with van der Waals surface area (Å²) >= 11 is 0. The molecule has 0 fully saturated rings. The van der Waals surface area contributed by atoms with Crippen LogP contribution in [0.15, 0.2) is 89.8 Å². The quantitative estimate of drug-likeness (QED) is 0.594. The fourth-order valence-electron chi connectivity index (χ4n) is 3.10. The highest BCUT2D eigenvalue weighted by atomic mass is 32.2. The maximum Gasteiger partial charge on any atom is 0.264 e. The number of nitrogens with one attached hydrogen (secondary N) is 1. The predicted molar refractivity (Wildman–Crippen MR) is 120 cm³/mol. The van der Waals surface area contributed by atoms with Crippen LogP contribution in [0.25, 0.3) is 0 Å². The predicted octanol–water partition coefficient (Wildman–Crippen LogP) is 4.11. The van der Waals surface area contributed by atoms with Crippen LogP contribution in [0.3, 0.4) is 0 Å². The lowest BCUT2D eigenvalue weighted by Gasteiger charge is -2.24. The third kappa shape index (κ3) is 5.27. The first-order valence-corrected chi connectivity index (χ1v) is 11.3. The first-order chi connectivity index (χ1) is 14.4. The standard InChI is InChI=1S/C24H26N2O3S/c1-19-13-15-22(16-14-19)26(30(28,29)23-11-7-4-8-12-23)18-24(27)25-17-20(2)21-9-5-3-6-10-21/h3-16,20H,17-18H2,1-2H3,(H,25,27). The monoisotopic (exact) mass is 422 g/mol. The molecule has 1 N–H and O–H groups in total. The number of carbonyl (C=O) groups excluding carboxylic acids is 1. The molecule has 0 radical (unpaired) electrons. The number of sulfonamides is 1. The lowest BCUT2D eigenvalue weighted by Crippen LogP contribution is -2.41. The number of anilines is 1. The number of amides is 1. The molecule has 156 valence electrons. The summed E-state index contributed by atoms with van der Waals surface area (Å²) in [7, 11) is -3.88. The lowest BCUT2D eigenvalue weighted by atomic mass is 10.0. The molecule has 3 aromatic carbocycles. The first kappa shape index (κ1) is 21.6. The van der Waals surface area contributed by atoms with E-state index in [0.717, 1.165) is 15.4 Å². The molecular weight excluding hydrogens is 396 g/mol. The first-order valence-electron chi connectivity index (χ1n) is 9.84. The zero-order valence-corrected chi connectivity index (χ0v) is 18.0. The normalized spacial score (nSPS) is 12.2. The average Bonchev–Trinajstić information content (AvgIpc) is 2.77. The van der Waals surface area contributed by atoms with Gasteiger partial charge in [-0.15, -0.1) is 0 Å². The maximum atomic E-state index is 13.3. The fourth-order valence-corrected chi connectivity index (χ4v) is 4.54. The topological polar surface area (TPSA) is 66.5 Å². The van der Waals surface area contributed by atoms with Gasteiger partial charge in [-0.2, -0.15) is 0 Å². The van der Waals surface area contributed by atoms with Gasteiger partial charge in [0.05, 0.1) is 10.6 Å². The number of carbonyl (C=O) groups is 1. The molecule has 6 heteroatoms. The van der Waals surface area contributed by atoms with Crippen molar-refractivity contribution in [2.75, 3.05) is 17.4 Å². The Labute approximate surface area is 178 Å². The maximum absolute atomic E-state index is 13.3. The summed E-state index contributed by atoms with van der Waals surface area (Å²) in [4.78, 5) is 12.8. The molecule has 0 saturated carbocycles. The van der Waals surface area contributed by atoms with Gasteiger partial charge in [-0.1, -0.05) is 73.2 Å². The molecule has 0 aliphatic carbocycles. The van der Waals surface area contributed by atoms with Gasteiger partial charge in [0.1, 0.15) is 6.54 Å². The third-order valence-electron chi connectivity index (χ3n) is 4.91. The number of hydrogen-bond donors (Lipinski definition) is 1. The van der Waals surface area contributed by atoms with E-state index in [1.165, 1.54) is 12.1 Å². The van der Waals surface area contributed by atoms with Crippen LogP contribution >= 0.6 is 0 Å². The molecule has 1 atom stereocenters. The van der Waals surface area contributed by atoms with Crippen molar-refractivity contribution in [3.63, 3.8) is 0 Å². The van der Waals surface area contributed by atoms with Crippen LogP contribution in [0, 0.1) is 6.92 Å². The number of aryl methyl sites for hydroxylation is 1. The molecule has 0 bridgehead atoms. The van der Waals surface area contributed by atoms with Crippen molar-refractivity contribution in [2.45, 2.75) is 24.7 Å². The Kier molecular flexibility index (Phi) is 6.90. The minimum atomic E-state index is -3.88. The molecule has 0 saturated heterocycles. The zero-order valence-electron chi connectivity index (χ0n) is 17.2. The lowest BCUT2D eigenvalue weighted by molar-refractivity contribution is -0.119. The Bertz CT molecular complexity index is 1070. The van der Waals surface area contributed by atoms with Crippen LogP contribution in [0.1, 0.15) is 24.0 Å². The number of rotatable bonds is 8. The Morgan fingerprint density at radius 3 is 2.07 bits per heavy atom. The SMILES string of the molecule is Cc1ccc(N(CC(=O)NCC(C)c2ccccc2)S(=O)(=O)c2ccccc2)cc1. The van der Waals surface area contributed by atoms with Gasteiger partial charge in [0.25, 0.3) is 10.0 Å². The van der Waals surface area contributed by atoms with Crippen LogP contribution < -0.4 is 9.62 Å². The van der Waals surface area contributed by atoms with E-state index in [-0.39, 0.29) is 23.3 Å². The van der Waals surface area contributed by atoms with E-state index in [9.17, 15) is 13.2 Å². The van der Waals surface area contributed by atoms with Crippen LogP contribution in [-0.4, -0.2) is 27.4 Å². The summed E-state index contributed by atoms with van der Waals surface area (Å²) in [6, 6.07) is 25.1. The van der Waals surface area contributed by atoms with Gasteiger partial charge >= 0.3 is 0 Å². The van der Waals surface area contributed by atoms with Crippen molar-refractivity contribution in [3.8, 4) is 0 Å². The smallest absolute Gasteiger partial charge is 0.264 e. The van der Waals surface area contributed by atoms with Gasteiger partial charge in [0.2, 0.25) is 5.91 Å². The summed E-state index contributed by atoms with van der Waals surface area (Å²) in [6.45, 7) is 4.09.